The Bertz CT molecular complexity index is 1310. The van der Waals surface area contributed by atoms with Gasteiger partial charge in [-0.05, 0) is 18.2 Å². The number of H-pyrrole nitrogens is 1. The largest absolute Gasteiger partial charge is 0.504 e. The van der Waals surface area contributed by atoms with Crippen molar-refractivity contribution in [3.63, 3.8) is 0 Å². The summed E-state index contributed by atoms with van der Waals surface area (Å²) in [5.41, 5.74) is 1.59. The number of hydrogen-bond donors (Lipinski definition) is 2. The van der Waals surface area contributed by atoms with Gasteiger partial charge in [0.15, 0.2) is 11.4 Å². The van der Waals surface area contributed by atoms with Crippen LogP contribution in [0.5, 0.6) is 5.75 Å². The normalized spacial score (nSPS) is 14.1. The Kier molecular flexibility index (Phi) is 4.28. The number of para-hydroxylation sites is 2. The predicted octanol–water partition coefficient (Wildman–Crippen LogP) is 4.28. The zero-order valence-electron chi connectivity index (χ0n) is 16.1. The van der Waals surface area contributed by atoms with E-state index in [-0.39, 0.29) is 11.4 Å². The number of nitrogens with one attached hydrogen (secondary N) is 1. The van der Waals surface area contributed by atoms with Gasteiger partial charge in [-0.25, -0.2) is 4.68 Å². The molecule has 0 bridgehead atoms. The number of hydrogen-bond acceptors (Lipinski definition) is 3. The first-order valence-electron chi connectivity index (χ1n) is 9.66. The number of aromatic nitrogens is 3. The van der Waals surface area contributed by atoms with E-state index in [2.05, 4.69) is 10.1 Å². The number of rotatable bonds is 2. The first kappa shape index (κ1) is 19.2. The molecule has 0 fully saturated rings. The van der Waals surface area contributed by atoms with Gasteiger partial charge in [-0.2, -0.15) is 18.3 Å². The van der Waals surface area contributed by atoms with Crippen LogP contribution in [0.2, 0.25) is 0 Å². The Labute approximate surface area is 174 Å². The summed E-state index contributed by atoms with van der Waals surface area (Å²) in [6.45, 7) is 0.730. The lowest BCUT2D eigenvalue weighted by Crippen LogP contribution is -2.36. The van der Waals surface area contributed by atoms with E-state index in [1.165, 1.54) is 18.2 Å². The van der Waals surface area contributed by atoms with E-state index in [9.17, 15) is 23.1 Å². The smallest absolute Gasteiger partial charge is 0.418 e. The average molecular weight is 426 g/mol. The predicted molar refractivity (Wildman–Crippen MR) is 107 cm³/mol. The molecule has 31 heavy (non-hydrogen) atoms. The van der Waals surface area contributed by atoms with Crippen LogP contribution < -0.4 is 0 Å². The van der Waals surface area contributed by atoms with Crippen molar-refractivity contribution in [1.82, 2.24) is 19.7 Å². The van der Waals surface area contributed by atoms with Gasteiger partial charge in [0, 0.05) is 41.7 Å². The maximum atomic E-state index is 13.3. The van der Waals surface area contributed by atoms with Crippen LogP contribution >= 0.6 is 0 Å². The molecule has 158 valence electrons. The summed E-state index contributed by atoms with van der Waals surface area (Å²) in [4.78, 5) is 18.0. The molecule has 0 radical (unpaired) electrons. The van der Waals surface area contributed by atoms with Gasteiger partial charge in [-0.1, -0.05) is 30.3 Å². The fraction of sp³-hybridized carbons (Fsp3) is 0.182. The van der Waals surface area contributed by atoms with Gasteiger partial charge in [-0.3, -0.25) is 4.79 Å². The monoisotopic (exact) mass is 426 g/mol. The van der Waals surface area contributed by atoms with Gasteiger partial charge in [0.1, 0.15) is 0 Å². The zero-order chi connectivity index (χ0) is 21.8. The summed E-state index contributed by atoms with van der Waals surface area (Å²) >= 11 is 0. The first-order chi connectivity index (χ1) is 14.8. The van der Waals surface area contributed by atoms with Crippen molar-refractivity contribution in [2.24, 2.45) is 0 Å². The lowest BCUT2D eigenvalue weighted by Gasteiger charge is -2.26. The molecule has 4 aromatic rings. The summed E-state index contributed by atoms with van der Waals surface area (Å²) < 4.78 is 40.9. The van der Waals surface area contributed by atoms with Gasteiger partial charge in [0.05, 0.1) is 17.4 Å². The van der Waals surface area contributed by atoms with E-state index in [0.29, 0.717) is 19.5 Å². The molecule has 0 aliphatic carbocycles. The number of amides is 1. The second kappa shape index (κ2) is 6.90. The van der Waals surface area contributed by atoms with E-state index >= 15 is 0 Å². The molecule has 3 heterocycles. The van der Waals surface area contributed by atoms with Crippen LogP contribution in [0.4, 0.5) is 13.2 Å². The van der Waals surface area contributed by atoms with Crippen LogP contribution in [-0.4, -0.2) is 37.2 Å². The number of aromatic amines is 1. The van der Waals surface area contributed by atoms with Crippen LogP contribution in [0.1, 0.15) is 27.3 Å². The SMILES string of the molecule is O=C(c1nn(-c2ccccc2C(F)(F)F)cc1O)N1CCc2[nH]c3ccccc3c2C1. The van der Waals surface area contributed by atoms with Crippen LogP contribution in [0.25, 0.3) is 16.6 Å². The molecule has 0 saturated carbocycles. The second-order valence-electron chi connectivity index (χ2n) is 7.43. The maximum Gasteiger partial charge on any atom is 0.418 e. The van der Waals surface area contributed by atoms with E-state index < -0.39 is 23.4 Å². The van der Waals surface area contributed by atoms with Crippen LogP contribution in [0, 0.1) is 0 Å². The topological polar surface area (TPSA) is 74.2 Å². The Morgan fingerprint density at radius 1 is 1.10 bits per heavy atom. The number of benzene rings is 2. The second-order valence-corrected chi connectivity index (χ2v) is 7.43. The minimum Gasteiger partial charge on any atom is -0.504 e. The highest BCUT2D eigenvalue weighted by Gasteiger charge is 2.35. The number of alkyl halides is 3. The van der Waals surface area contributed by atoms with Crippen molar-refractivity contribution in [3.05, 3.63) is 77.2 Å². The molecule has 0 saturated heterocycles. The van der Waals surface area contributed by atoms with Crippen molar-refractivity contribution >= 4 is 16.8 Å². The van der Waals surface area contributed by atoms with Gasteiger partial charge >= 0.3 is 6.18 Å². The number of fused-ring (bicyclic) bond motifs is 3. The van der Waals surface area contributed by atoms with Crippen molar-refractivity contribution in [1.29, 1.82) is 0 Å². The molecule has 2 aromatic heterocycles. The Morgan fingerprint density at radius 3 is 2.65 bits per heavy atom. The molecule has 6 nitrogen and oxygen atoms in total. The third kappa shape index (κ3) is 3.22. The molecule has 1 amide bonds. The quantitative estimate of drug-likeness (QED) is 0.503. The molecule has 1 aliphatic rings. The number of aromatic hydroxyl groups is 1. The van der Waals surface area contributed by atoms with Crippen molar-refractivity contribution in [2.45, 2.75) is 19.1 Å². The third-order valence-electron chi connectivity index (χ3n) is 5.52. The standard InChI is InChI=1S/C22H17F3N4O2/c23-22(24,25)15-6-2-4-8-18(15)29-12-19(30)20(27-29)21(31)28-10-9-17-14(11-28)13-5-1-3-7-16(13)26-17/h1-8,12,26,30H,9-11H2. The Balaban J connectivity index is 1.48. The number of nitrogens with zero attached hydrogens (tertiary/aromatic N) is 3. The summed E-state index contributed by atoms with van der Waals surface area (Å²) in [5.74, 6) is -0.997. The highest BCUT2D eigenvalue weighted by Crippen LogP contribution is 2.35. The van der Waals surface area contributed by atoms with Gasteiger partial charge in [0.2, 0.25) is 0 Å². The number of halogens is 3. The van der Waals surface area contributed by atoms with Crippen LogP contribution in [-0.2, 0) is 19.1 Å². The minimum atomic E-state index is -4.60. The minimum absolute atomic E-state index is 0.262. The van der Waals surface area contributed by atoms with Crippen molar-refractivity contribution in [3.8, 4) is 11.4 Å². The van der Waals surface area contributed by atoms with Crippen molar-refractivity contribution in [2.75, 3.05) is 6.54 Å². The van der Waals surface area contributed by atoms with Gasteiger partial charge in [0.25, 0.3) is 5.91 Å². The summed E-state index contributed by atoms with van der Waals surface area (Å²) in [6.07, 6.45) is -2.96. The van der Waals surface area contributed by atoms with Gasteiger partial charge < -0.3 is 15.0 Å². The highest BCUT2D eigenvalue weighted by molar-refractivity contribution is 5.95. The van der Waals surface area contributed by atoms with Crippen LogP contribution in [0.3, 0.4) is 0 Å². The zero-order valence-corrected chi connectivity index (χ0v) is 16.1. The molecule has 9 heteroatoms. The van der Waals surface area contributed by atoms with Gasteiger partial charge in [-0.15, -0.1) is 0 Å². The Morgan fingerprint density at radius 2 is 1.84 bits per heavy atom. The third-order valence-corrected chi connectivity index (χ3v) is 5.52. The molecule has 0 atom stereocenters. The van der Waals surface area contributed by atoms with E-state index in [1.54, 1.807) is 4.90 Å². The molecule has 2 N–H and O–H groups in total. The Hall–Kier alpha value is -3.75. The van der Waals surface area contributed by atoms with Crippen LogP contribution in [0.15, 0.2) is 54.7 Å². The van der Waals surface area contributed by atoms with Crippen molar-refractivity contribution < 1.29 is 23.1 Å². The molecule has 1 aliphatic heterocycles. The molecule has 2 aromatic carbocycles. The first-order valence-corrected chi connectivity index (χ1v) is 9.66. The lowest BCUT2D eigenvalue weighted by atomic mass is 10.0. The highest BCUT2D eigenvalue weighted by atomic mass is 19.4. The van der Waals surface area contributed by atoms with E-state index in [0.717, 1.165) is 39.1 Å². The number of carbonyl (C=O) groups excluding carboxylic acids is 1. The fourth-order valence-electron chi connectivity index (χ4n) is 4.04. The van der Waals surface area contributed by atoms with E-state index in [4.69, 9.17) is 0 Å². The molecule has 0 spiro atoms. The average Bonchev–Trinajstić information content (AvgIpc) is 3.32. The molecular weight excluding hydrogens is 409 g/mol. The number of carbonyl (C=O) groups is 1. The fourth-order valence-corrected chi connectivity index (χ4v) is 4.04. The molecular formula is C22H17F3N4O2. The maximum absolute atomic E-state index is 13.3. The molecule has 5 rings (SSSR count). The van der Waals surface area contributed by atoms with E-state index in [1.807, 2.05) is 24.3 Å². The summed E-state index contributed by atoms with van der Waals surface area (Å²) in [6, 6.07) is 12.7. The molecule has 0 unspecified atom stereocenters. The summed E-state index contributed by atoms with van der Waals surface area (Å²) in [7, 11) is 0. The summed E-state index contributed by atoms with van der Waals surface area (Å²) in [5, 5.41) is 15.3. The lowest BCUT2D eigenvalue weighted by molar-refractivity contribution is -0.137.